The Hall–Kier alpha value is -3.09. The number of rotatable bonds is 7. The molecule has 3 rings (SSSR count). The molecule has 2 N–H and O–H groups in total. The maximum atomic E-state index is 14.4. The Kier molecular flexibility index (Phi) is 6.47. The van der Waals surface area contributed by atoms with Crippen LogP contribution in [0.5, 0.6) is 5.75 Å². The van der Waals surface area contributed by atoms with Crippen LogP contribution < -0.4 is 20.4 Å². The van der Waals surface area contributed by atoms with Gasteiger partial charge in [0, 0.05) is 24.3 Å². The fourth-order valence-corrected chi connectivity index (χ4v) is 3.09. The van der Waals surface area contributed by atoms with E-state index in [1.807, 2.05) is 30.3 Å². The number of anilines is 2. The van der Waals surface area contributed by atoms with E-state index in [1.54, 1.807) is 20.1 Å². The molecule has 28 heavy (non-hydrogen) atoms. The number of carbonyl (C=O) groups is 1. The van der Waals surface area contributed by atoms with E-state index in [1.165, 1.54) is 6.07 Å². The maximum Gasteiger partial charge on any atom is 0.259 e. The predicted molar refractivity (Wildman–Crippen MR) is 110 cm³/mol. The fourth-order valence-electron chi connectivity index (χ4n) is 3.09. The highest BCUT2D eigenvalue weighted by Gasteiger charge is 2.16. The van der Waals surface area contributed by atoms with Crippen LogP contribution in [-0.2, 0) is 4.79 Å². The van der Waals surface area contributed by atoms with Gasteiger partial charge in [0.05, 0.1) is 25.1 Å². The first-order chi connectivity index (χ1) is 13.6. The highest BCUT2D eigenvalue weighted by atomic mass is 19.1. The van der Waals surface area contributed by atoms with Gasteiger partial charge in [0.2, 0.25) is 0 Å². The molecular weight excluding hydrogens is 359 g/mol. The first kappa shape index (κ1) is 19.7. The van der Waals surface area contributed by atoms with Crippen LogP contribution in [0.2, 0.25) is 0 Å². The van der Waals surface area contributed by atoms with Crippen molar-refractivity contribution in [2.75, 3.05) is 37.0 Å². The standard InChI is InChI=1S/C21H25FN4O2/c1-15(16-5-10-20(19(22)13-16)26-11-3-4-12-26)24-25-21(27)14-23-17-6-8-18(28-2)9-7-17/h5-10,13,23H,3-4,11-12,14H2,1-2H3,(H,25,27)/b24-15-. The SMILES string of the molecule is COc1ccc(NCC(=O)N/N=C(/C)c2ccc(N3CCCC3)c(F)c2)cc1. The number of hydrazone groups is 1. The average molecular weight is 384 g/mol. The minimum Gasteiger partial charge on any atom is -0.497 e. The van der Waals surface area contributed by atoms with Gasteiger partial charge in [0.15, 0.2) is 0 Å². The maximum absolute atomic E-state index is 14.4. The molecule has 0 atom stereocenters. The summed E-state index contributed by atoms with van der Waals surface area (Å²) in [6, 6.07) is 12.3. The number of nitrogens with zero attached hydrogens (tertiary/aromatic N) is 2. The van der Waals surface area contributed by atoms with Crippen molar-refractivity contribution in [1.29, 1.82) is 0 Å². The number of halogens is 1. The molecule has 1 heterocycles. The number of carbonyl (C=O) groups excluding carboxylic acids is 1. The summed E-state index contributed by atoms with van der Waals surface area (Å²) in [5.74, 6) is 0.198. The first-order valence-electron chi connectivity index (χ1n) is 9.33. The van der Waals surface area contributed by atoms with Crippen LogP contribution in [0.4, 0.5) is 15.8 Å². The molecule has 7 heteroatoms. The molecule has 0 aromatic heterocycles. The number of ether oxygens (including phenoxy) is 1. The molecule has 0 aliphatic carbocycles. The van der Waals surface area contributed by atoms with Crippen LogP contribution >= 0.6 is 0 Å². The van der Waals surface area contributed by atoms with Crippen LogP contribution in [0.15, 0.2) is 47.6 Å². The Morgan fingerprint density at radius 1 is 1.18 bits per heavy atom. The van der Waals surface area contributed by atoms with Crippen LogP contribution in [0.25, 0.3) is 0 Å². The summed E-state index contributed by atoms with van der Waals surface area (Å²) in [5, 5.41) is 7.08. The van der Waals surface area contributed by atoms with E-state index in [9.17, 15) is 9.18 Å². The monoisotopic (exact) mass is 384 g/mol. The quantitative estimate of drug-likeness (QED) is 0.567. The van der Waals surface area contributed by atoms with Crippen LogP contribution in [0, 0.1) is 5.82 Å². The second-order valence-corrected chi connectivity index (χ2v) is 6.67. The van der Waals surface area contributed by atoms with Gasteiger partial charge in [-0.25, -0.2) is 9.82 Å². The lowest BCUT2D eigenvalue weighted by atomic mass is 10.1. The summed E-state index contributed by atoms with van der Waals surface area (Å²) < 4.78 is 19.5. The zero-order valence-corrected chi connectivity index (χ0v) is 16.2. The topological polar surface area (TPSA) is 66.0 Å². The molecule has 0 radical (unpaired) electrons. The van der Waals surface area contributed by atoms with Gasteiger partial charge in [0.25, 0.3) is 5.91 Å². The number of nitrogens with one attached hydrogen (secondary N) is 2. The normalized spacial score (nSPS) is 14.1. The van der Waals surface area contributed by atoms with Crippen molar-refractivity contribution in [3.63, 3.8) is 0 Å². The Labute approximate surface area is 164 Å². The zero-order chi connectivity index (χ0) is 19.9. The molecule has 2 aromatic carbocycles. The van der Waals surface area contributed by atoms with Crippen molar-refractivity contribution in [3.05, 3.63) is 53.8 Å². The van der Waals surface area contributed by atoms with Crippen molar-refractivity contribution in [2.45, 2.75) is 19.8 Å². The smallest absolute Gasteiger partial charge is 0.259 e. The molecule has 0 spiro atoms. The Morgan fingerprint density at radius 2 is 1.89 bits per heavy atom. The van der Waals surface area contributed by atoms with E-state index in [0.717, 1.165) is 37.4 Å². The fraction of sp³-hybridized carbons (Fsp3) is 0.333. The van der Waals surface area contributed by atoms with Crippen molar-refractivity contribution in [2.24, 2.45) is 5.10 Å². The summed E-state index contributed by atoms with van der Waals surface area (Å²) in [6.45, 7) is 3.59. The third-order valence-corrected chi connectivity index (χ3v) is 4.70. The molecule has 1 aliphatic heterocycles. The van der Waals surface area contributed by atoms with Crippen LogP contribution in [-0.4, -0.2) is 38.4 Å². The van der Waals surface area contributed by atoms with E-state index in [4.69, 9.17) is 4.74 Å². The number of benzene rings is 2. The lowest BCUT2D eigenvalue weighted by Gasteiger charge is -2.18. The predicted octanol–water partition coefficient (Wildman–Crippen LogP) is 3.39. The molecule has 0 bridgehead atoms. The van der Waals surface area contributed by atoms with E-state index in [-0.39, 0.29) is 18.3 Å². The lowest BCUT2D eigenvalue weighted by Crippen LogP contribution is -2.26. The third kappa shape index (κ3) is 5.00. The molecule has 2 aromatic rings. The van der Waals surface area contributed by atoms with Gasteiger partial charge in [-0.3, -0.25) is 4.79 Å². The third-order valence-electron chi connectivity index (χ3n) is 4.70. The van der Waals surface area contributed by atoms with Crippen LogP contribution in [0.3, 0.4) is 0 Å². The van der Waals surface area contributed by atoms with E-state index in [0.29, 0.717) is 17.0 Å². The zero-order valence-electron chi connectivity index (χ0n) is 16.2. The van der Waals surface area contributed by atoms with Gasteiger partial charge in [-0.2, -0.15) is 5.10 Å². The summed E-state index contributed by atoms with van der Waals surface area (Å²) in [4.78, 5) is 14.0. The summed E-state index contributed by atoms with van der Waals surface area (Å²) in [7, 11) is 1.60. The average Bonchev–Trinajstić information content (AvgIpc) is 3.25. The van der Waals surface area contributed by atoms with Crippen molar-refractivity contribution in [1.82, 2.24) is 5.43 Å². The van der Waals surface area contributed by atoms with E-state index >= 15 is 0 Å². The van der Waals surface area contributed by atoms with Gasteiger partial charge in [-0.05, 0) is 56.2 Å². The number of methoxy groups -OCH3 is 1. The molecule has 6 nitrogen and oxygen atoms in total. The Morgan fingerprint density at radius 3 is 2.54 bits per heavy atom. The van der Waals surface area contributed by atoms with Gasteiger partial charge in [-0.15, -0.1) is 0 Å². The van der Waals surface area contributed by atoms with Gasteiger partial charge < -0.3 is 15.0 Å². The second-order valence-electron chi connectivity index (χ2n) is 6.67. The summed E-state index contributed by atoms with van der Waals surface area (Å²) >= 11 is 0. The minimum absolute atomic E-state index is 0.0748. The lowest BCUT2D eigenvalue weighted by molar-refractivity contribution is -0.119. The largest absolute Gasteiger partial charge is 0.497 e. The van der Waals surface area contributed by atoms with Gasteiger partial charge >= 0.3 is 0 Å². The Bertz CT molecular complexity index is 846. The number of hydrogen-bond acceptors (Lipinski definition) is 5. The molecular formula is C21H25FN4O2. The van der Waals surface area contributed by atoms with Gasteiger partial charge in [0.1, 0.15) is 11.6 Å². The molecule has 1 aliphatic rings. The molecule has 1 amide bonds. The molecule has 0 unspecified atom stereocenters. The van der Waals surface area contributed by atoms with Crippen molar-refractivity contribution >= 4 is 23.0 Å². The molecule has 0 saturated carbocycles. The first-order valence-corrected chi connectivity index (χ1v) is 9.33. The summed E-state index contributed by atoms with van der Waals surface area (Å²) in [6.07, 6.45) is 2.19. The van der Waals surface area contributed by atoms with Crippen LogP contribution in [0.1, 0.15) is 25.3 Å². The van der Waals surface area contributed by atoms with Crippen molar-refractivity contribution < 1.29 is 13.9 Å². The summed E-state index contributed by atoms with van der Waals surface area (Å²) in [5.41, 5.74) is 5.11. The number of amides is 1. The highest BCUT2D eigenvalue weighted by Crippen LogP contribution is 2.24. The highest BCUT2D eigenvalue weighted by molar-refractivity contribution is 5.99. The molecule has 1 fully saturated rings. The van der Waals surface area contributed by atoms with E-state index in [2.05, 4.69) is 20.7 Å². The molecule has 148 valence electrons. The van der Waals surface area contributed by atoms with Gasteiger partial charge in [-0.1, -0.05) is 6.07 Å². The number of hydrogen-bond donors (Lipinski definition) is 2. The molecule has 1 saturated heterocycles. The van der Waals surface area contributed by atoms with E-state index < -0.39 is 0 Å². The second kappa shape index (κ2) is 9.21. The minimum atomic E-state index is -0.288. The Balaban J connectivity index is 1.54. The van der Waals surface area contributed by atoms with Crippen molar-refractivity contribution in [3.8, 4) is 5.75 Å².